The number of amides is 1. The van der Waals surface area contributed by atoms with Gasteiger partial charge in [-0.1, -0.05) is 48.2 Å². The fourth-order valence-corrected chi connectivity index (χ4v) is 4.03. The number of hydrogen-bond donors (Lipinski definition) is 1. The lowest BCUT2D eigenvalue weighted by atomic mass is 10.1. The quantitative estimate of drug-likeness (QED) is 0.314. The van der Waals surface area contributed by atoms with Gasteiger partial charge in [0.1, 0.15) is 5.75 Å². The van der Waals surface area contributed by atoms with E-state index in [-0.39, 0.29) is 16.9 Å². The Labute approximate surface area is 186 Å². The predicted molar refractivity (Wildman–Crippen MR) is 120 cm³/mol. The van der Waals surface area contributed by atoms with E-state index in [0.717, 1.165) is 33.0 Å². The Hall–Kier alpha value is -3.17. The summed E-state index contributed by atoms with van der Waals surface area (Å²) in [5.41, 5.74) is 0.802. The normalized spacial score (nSPS) is 11.9. The molecule has 4 aromatic rings. The second-order valence-corrected chi connectivity index (χ2v) is 8.61. The fourth-order valence-electron chi connectivity index (χ4n) is 2.84. The summed E-state index contributed by atoms with van der Waals surface area (Å²) in [4.78, 5) is 25.2. The summed E-state index contributed by atoms with van der Waals surface area (Å²) in [5.74, 6) is -0.540. The molecule has 1 unspecified atom stereocenters. The van der Waals surface area contributed by atoms with Crippen LogP contribution in [0.3, 0.4) is 0 Å². The molecule has 2 aromatic carbocycles. The third-order valence-corrected chi connectivity index (χ3v) is 6.08. The third-order valence-electron chi connectivity index (χ3n) is 4.41. The molecule has 0 bridgehead atoms. The van der Waals surface area contributed by atoms with Crippen LogP contribution in [0.2, 0.25) is 0 Å². The smallest absolute Gasteiger partial charge is 0.317 e. The van der Waals surface area contributed by atoms with Crippen molar-refractivity contribution in [2.45, 2.75) is 24.8 Å². The average Bonchev–Trinajstić information content (AvgIpc) is 3.48. The monoisotopic (exact) mass is 453 g/mol. The van der Waals surface area contributed by atoms with Gasteiger partial charge in [-0.3, -0.25) is 9.59 Å². The molecule has 1 atom stereocenters. The van der Waals surface area contributed by atoms with Gasteiger partial charge in [-0.15, -0.1) is 21.5 Å². The molecule has 0 fully saturated rings. The molecule has 0 aliphatic heterocycles. The number of thioether (sulfide) groups is 1. The van der Waals surface area contributed by atoms with Gasteiger partial charge < -0.3 is 14.5 Å². The van der Waals surface area contributed by atoms with Gasteiger partial charge in [-0.25, -0.2) is 0 Å². The highest BCUT2D eigenvalue weighted by atomic mass is 32.2. The molecule has 0 saturated heterocycles. The van der Waals surface area contributed by atoms with E-state index in [4.69, 9.17) is 9.15 Å². The number of esters is 1. The maximum atomic E-state index is 12.1. The SMILES string of the molecule is CC(OC(=O)CSc1nnc(-c2ccc3ccccc3c2)o1)C(=O)NCc1cccs1. The van der Waals surface area contributed by atoms with Gasteiger partial charge in [0.05, 0.1) is 6.54 Å². The van der Waals surface area contributed by atoms with Crippen molar-refractivity contribution in [1.29, 1.82) is 0 Å². The second kappa shape index (κ2) is 9.76. The number of nitrogens with one attached hydrogen (secondary N) is 1. The van der Waals surface area contributed by atoms with Crippen LogP contribution in [0.1, 0.15) is 11.8 Å². The molecule has 9 heteroatoms. The highest BCUT2D eigenvalue weighted by Crippen LogP contribution is 2.26. The highest BCUT2D eigenvalue weighted by molar-refractivity contribution is 7.99. The maximum absolute atomic E-state index is 12.1. The molecule has 31 heavy (non-hydrogen) atoms. The predicted octanol–water partition coefficient (Wildman–Crippen LogP) is 4.29. The Morgan fingerprint density at radius 1 is 1.13 bits per heavy atom. The Balaban J connectivity index is 1.27. The first-order chi connectivity index (χ1) is 15.1. The number of fused-ring (bicyclic) bond motifs is 1. The van der Waals surface area contributed by atoms with E-state index in [9.17, 15) is 9.59 Å². The standard InChI is InChI=1S/C22H19N3O4S2/c1-14(20(27)23-12-18-7-4-10-30-18)28-19(26)13-31-22-25-24-21(29-22)17-9-8-15-5-2-3-6-16(15)11-17/h2-11,14H,12-13H2,1H3,(H,23,27). The molecule has 0 aliphatic rings. The molecule has 158 valence electrons. The minimum Gasteiger partial charge on any atom is -0.452 e. The van der Waals surface area contributed by atoms with Crippen LogP contribution in [0.25, 0.3) is 22.2 Å². The Morgan fingerprint density at radius 3 is 2.77 bits per heavy atom. The van der Waals surface area contributed by atoms with Crippen LogP contribution in [0.4, 0.5) is 0 Å². The molecular formula is C22H19N3O4S2. The lowest BCUT2D eigenvalue weighted by molar-refractivity contribution is -0.152. The molecular weight excluding hydrogens is 434 g/mol. The van der Waals surface area contributed by atoms with Gasteiger partial charge in [0.2, 0.25) is 5.89 Å². The van der Waals surface area contributed by atoms with E-state index in [1.54, 1.807) is 11.3 Å². The lowest BCUT2D eigenvalue weighted by Gasteiger charge is -2.12. The topological polar surface area (TPSA) is 94.3 Å². The van der Waals surface area contributed by atoms with Crippen LogP contribution in [0, 0.1) is 0 Å². The summed E-state index contributed by atoms with van der Waals surface area (Å²) in [5, 5.41) is 15.2. The second-order valence-electron chi connectivity index (χ2n) is 6.65. The number of benzene rings is 2. The minimum absolute atomic E-state index is 0.0398. The molecule has 2 aromatic heterocycles. The number of aromatic nitrogens is 2. The Bertz CT molecular complexity index is 1190. The third kappa shape index (κ3) is 5.50. The van der Waals surface area contributed by atoms with Crippen LogP contribution in [-0.2, 0) is 20.9 Å². The molecule has 7 nitrogen and oxygen atoms in total. The molecule has 0 radical (unpaired) electrons. The van der Waals surface area contributed by atoms with E-state index in [2.05, 4.69) is 15.5 Å². The summed E-state index contributed by atoms with van der Waals surface area (Å²) in [7, 11) is 0. The summed E-state index contributed by atoms with van der Waals surface area (Å²) in [6.45, 7) is 1.95. The number of hydrogen-bond acceptors (Lipinski definition) is 8. The largest absolute Gasteiger partial charge is 0.452 e. The van der Waals surface area contributed by atoms with Crippen molar-refractivity contribution in [3.63, 3.8) is 0 Å². The van der Waals surface area contributed by atoms with Gasteiger partial charge in [0.15, 0.2) is 6.10 Å². The van der Waals surface area contributed by atoms with Crippen LogP contribution >= 0.6 is 23.1 Å². The zero-order chi connectivity index (χ0) is 21.6. The van der Waals surface area contributed by atoms with Gasteiger partial charge in [0, 0.05) is 10.4 Å². The van der Waals surface area contributed by atoms with E-state index in [1.807, 2.05) is 60.0 Å². The van der Waals surface area contributed by atoms with Crippen molar-refractivity contribution in [3.05, 3.63) is 64.9 Å². The van der Waals surface area contributed by atoms with Crippen molar-refractivity contribution < 1.29 is 18.7 Å². The van der Waals surface area contributed by atoms with Crippen molar-refractivity contribution >= 4 is 45.7 Å². The molecule has 2 heterocycles. The van der Waals surface area contributed by atoms with Gasteiger partial charge >= 0.3 is 5.97 Å². The zero-order valence-electron chi connectivity index (χ0n) is 16.6. The van der Waals surface area contributed by atoms with Crippen LogP contribution < -0.4 is 5.32 Å². The first-order valence-corrected chi connectivity index (χ1v) is 11.4. The molecule has 4 rings (SSSR count). The van der Waals surface area contributed by atoms with Crippen molar-refractivity contribution in [3.8, 4) is 11.5 Å². The molecule has 1 N–H and O–H groups in total. The number of rotatable bonds is 8. The number of carbonyl (C=O) groups excluding carboxylic acids is 2. The van der Waals surface area contributed by atoms with E-state index < -0.39 is 12.1 Å². The van der Waals surface area contributed by atoms with Gasteiger partial charge in [-0.05, 0) is 41.3 Å². The molecule has 0 spiro atoms. The maximum Gasteiger partial charge on any atom is 0.317 e. The van der Waals surface area contributed by atoms with Crippen molar-refractivity contribution in [2.75, 3.05) is 5.75 Å². The van der Waals surface area contributed by atoms with Crippen LogP contribution in [0.5, 0.6) is 0 Å². The number of carbonyl (C=O) groups is 2. The van der Waals surface area contributed by atoms with Crippen molar-refractivity contribution in [2.24, 2.45) is 0 Å². The zero-order valence-corrected chi connectivity index (χ0v) is 18.2. The fraction of sp³-hybridized carbons (Fsp3) is 0.182. The lowest BCUT2D eigenvalue weighted by Crippen LogP contribution is -2.35. The minimum atomic E-state index is -0.885. The van der Waals surface area contributed by atoms with Crippen LogP contribution in [-0.4, -0.2) is 33.9 Å². The number of nitrogens with zero attached hydrogens (tertiary/aromatic N) is 2. The van der Waals surface area contributed by atoms with Gasteiger partial charge in [-0.2, -0.15) is 0 Å². The summed E-state index contributed by atoms with van der Waals surface area (Å²) in [6.07, 6.45) is -0.885. The first-order valence-electron chi connectivity index (χ1n) is 9.53. The summed E-state index contributed by atoms with van der Waals surface area (Å²) in [6, 6.07) is 17.7. The average molecular weight is 454 g/mol. The molecule has 0 saturated carbocycles. The Kier molecular flexibility index (Phi) is 6.63. The highest BCUT2D eigenvalue weighted by Gasteiger charge is 2.19. The molecule has 0 aliphatic carbocycles. The number of ether oxygens (including phenoxy) is 1. The molecule has 1 amide bonds. The van der Waals surface area contributed by atoms with Crippen LogP contribution in [0.15, 0.2) is 69.6 Å². The summed E-state index contributed by atoms with van der Waals surface area (Å²) >= 11 is 2.62. The van der Waals surface area contributed by atoms with Gasteiger partial charge in [0.25, 0.3) is 11.1 Å². The van der Waals surface area contributed by atoms with E-state index in [1.165, 1.54) is 6.92 Å². The van der Waals surface area contributed by atoms with Crippen molar-refractivity contribution in [1.82, 2.24) is 15.5 Å². The Morgan fingerprint density at radius 2 is 1.97 bits per heavy atom. The van der Waals surface area contributed by atoms with E-state index in [0.29, 0.717) is 12.4 Å². The van der Waals surface area contributed by atoms with E-state index >= 15 is 0 Å². The summed E-state index contributed by atoms with van der Waals surface area (Å²) < 4.78 is 10.8. The first kappa shape index (κ1) is 21.1. The number of thiophene rings is 1.